The number of rotatable bonds is 7. The molecule has 0 saturated heterocycles. The highest BCUT2D eigenvalue weighted by Gasteiger charge is 2.15. The van der Waals surface area contributed by atoms with Gasteiger partial charge in [-0.25, -0.2) is 4.98 Å². The molecule has 0 aliphatic heterocycles. The summed E-state index contributed by atoms with van der Waals surface area (Å²) < 4.78 is 1.83. The second kappa shape index (κ2) is 7.41. The van der Waals surface area contributed by atoms with Crippen molar-refractivity contribution in [3.63, 3.8) is 0 Å². The highest BCUT2D eigenvalue weighted by molar-refractivity contribution is 6.30. The smallest absolute Gasteiger partial charge is 0.138 e. The number of hydrogen-bond donors (Lipinski definition) is 1. The zero-order chi connectivity index (χ0) is 14.4. The Morgan fingerprint density at radius 1 is 1.40 bits per heavy atom. The van der Waals surface area contributed by atoms with Gasteiger partial charge in [0.1, 0.15) is 12.2 Å². The van der Waals surface area contributed by atoms with Gasteiger partial charge in [-0.15, -0.1) is 0 Å². The van der Waals surface area contributed by atoms with E-state index in [9.17, 15) is 0 Å². The predicted molar refractivity (Wildman–Crippen MR) is 82.1 cm³/mol. The normalized spacial score (nSPS) is 12.6. The standard InChI is InChI=1S/C15H21ClN4/c1-3-7-17-10-13(9-15-18-11-19-20(15)2)12-5-4-6-14(16)8-12/h4-6,8,11,13,17H,3,7,9-10H2,1-2H3. The van der Waals surface area contributed by atoms with Crippen molar-refractivity contribution in [2.45, 2.75) is 25.7 Å². The van der Waals surface area contributed by atoms with Crippen LogP contribution in [-0.4, -0.2) is 27.9 Å². The van der Waals surface area contributed by atoms with Crippen molar-refractivity contribution in [1.29, 1.82) is 0 Å². The van der Waals surface area contributed by atoms with Gasteiger partial charge in [0.2, 0.25) is 0 Å². The molecule has 0 saturated carbocycles. The first-order chi connectivity index (χ1) is 9.70. The van der Waals surface area contributed by atoms with E-state index in [1.54, 1.807) is 6.33 Å². The van der Waals surface area contributed by atoms with Gasteiger partial charge in [0.15, 0.2) is 0 Å². The van der Waals surface area contributed by atoms with Crippen LogP contribution in [0.15, 0.2) is 30.6 Å². The van der Waals surface area contributed by atoms with Crippen LogP contribution in [0.25, 0.3) is 0 Å². The molecule has 1 atom stereocenters. The molecule has 5 heteroatoms. The van der Waals surface area contributed by atoms with Gasteiger partial charge in [-0.3, -0.25) is 4.68 Å². The molecule has 2 rings (SSSR count). The Bertz CT molecular complexity index is 538. The molecule has 0 aliphatic rings. The van der Waals surface area contributed by atoms with Crippen molar-refractivity contribution < 1.29 is 0 Å². The fraction of sp³-hybridized carbons (Fsp3) is 0.467. The van der Waals surface area contributed by atoms with Crippen LogP contribution < -0.4 is 5.32 Å². The van der Waals surface area contributed by atoms with E-state index < -0.39 is 0 Å². The minimum absolute atomic E-state index is 0.350. The number of aryl methyl sites for hydroxylation is 1. The fourth-order valence-electron chi connectivity index (χ4n) is 2.25. The summed E-state index contributed by atoms with van der Waals surface area (Å²) in [4.78, 5) is 4.32. The number of aromatic nitrogens is 3. The summed E-state index contributed by atoms with van der Waals surface area (Å²) in [5.41, 5.74) is 1.24. The number of benzene rings is 1. The summed E-state index contributed by atoms with van der Waals surface area (Å²) in [6.07, 6.45) is 3.59. The van der Waals surface area contributed by atoms with Crippen LogP contribution in [0.4, 0.5) is 0 Å². The second-order valence-electron chi connectivity index (χ2n) is 4.96. The van der Waals surface area contributed by atoms with Crippen molar-refractivity contribution in [2.24, 2.45) is 7.05 Å². The minimum atomic E-state index is 0.350. The first-order valence-electron chi connectivity index (χ1n) is 6.99. The minimum Gasteiger partial charge on any atom is -0.316 e. The highest BCUT2D eigenvalue weighted by Crippen LogP contribution is 2.22. The maximum atomic E-state index is 6.11. The van der Waals surface area contributed by atoms with Crippen LogP contribution in [0.2, 0.25) is 5.02 Å². The molecular formula is C15H21ClN4. The van der Waals surface area contributed by atoms with Crippen molar-refractivity contribution >= 4 is 11.6 Å². The van der Waals surface area contributed by atoms with Crippen molar-refractivity contribution in [3.05, 3.63) is 47.0 Å². The summed E-state index contributed by atoms with van der Waals surface area (Å²) in [5.74, 6) is 1.34. The van der Waals surface area contributed by atoms with Crippen molar-refractivity contribution in [1.82, 2.24) is 20.1 Å². The highest BCUT2D eigenvalue weighted by atomic mass is 35.5. The van der Waals surface area contributed by atoms with Crippen LogP contribution in [0.5, 0.6) is 0 Å². The van der Waals surface area contributed by atoms with Crippen LogP contribution >= 0.6 is 11.6 Å². The van der Waals surface area contributed by atoms with Crippen molar-refractivity contribution in [3.8, 4) is 0 Å². The predicted octanol–water partition coefficient (Wildman–Crippen LogP) is 2.79. The summed E-state index contributed by atoms with van der Waals surface area (Å²) in [6, 6.07) is 8.07. The first kappa shape index (κ1) is 15.0. The fourth-order valence-corrected chi connectivity index (χ4v) is 2.45. The van der Waals surface area contributed by atoms with Gasteiger partial charge in [-0.2, -0.15) is 5.10 Å². The molecule has 0 bridgehead atoms. The molecule has 0 amide bonds. The van der Waals surface area contributed by atoms with Gasteiger partial charge in [0.25, 0.3) is 0 Å². The Morgan fingerprint density at radius 2 is 2.25 bits per heavy atom. The Hall–Kier alpha value is -1.39. The molecule has 20 heavy (non-hydrogen) atoms. The van der Waals surface area contributed by atoms with Gasteiger partial charge in [-0.05, 0) is 30.7 Å². The monoisotopic (exact) mass is 292 g/mol. The Morgan fingerprint density at radius 3 is 2.90 bits per heavy atom. The quantitative estimate of drug-likeness (QED) is 0.798. The molecule has 1 aromatic carbocycles. The van der Waals surface area contributed by atoms with E-state index in [-0.39, 0.29) is 0 Å². The number of nitrogens with one attached hydrogen (secondary N) is 1. The Labute approximate surface area is 125 Å². The third kappa shape index (κ3) is 4.05. The molecule has 0 fully saturated rings. The molecule has 1 aromatic heterocycles. The maximum Gasteiger partial charge on any atom is 0.138 e. The SMILES string of the molecule is CCCNCC(Cc1ncnn1C)c1cccc(Cl)c1. The van der Waals surface area contributed by atoms with E-state index in [1.807, 2.05) is 29.9 Å². The zero-order valence-corrected chi connectivity index (χ0v) is 12.8. The molecule has 1 N–H and O–H groups in total. The summed E-state index contributed by atoms with van der Waals surface area (Å²) in [6.45, 7) is 4.11. The van der Waals surface area contributed by atoms with E-state index in [1.165, 1.54) is 5.56 Å². The van der Waals surface area contributed by atoms with Crippen molar-refractivity contribution in [2.75, 3.05) is 13.1 Å². The lowest BCUT2D eigenvalue weighted by Crippen LogP contribution is -2.24. The topological polar surface area (TPSA) is 42.7 Å². The summed E-state index contributed by atoms with van der Waals surface area (Å²) >= 11 is 6.11. The van der Waals surface area contributed by atoms with Crippen LogP contribution in [0, 0.1) is 0 Å². The average Bonchev–Trinajstić information content (AvgIpc) is 2.83. The Kier molecular flexibility index (Phi) is 5.56. The third-order valence-corrected chi connectivity index (χ3v) is 3.61. The summed E-state index contributed by atoms with van der Waals surface area (Å²) in [5, 5.41) is 8.40. The molecular weight excluding hydrogens is 272 g/mol. The van der Waals surface area contributed by atoms with Crippen LogP contribution in [-0.2, 0) is 13.5 Å². The molecule has 0 spiro atoms. The van der Waals surface area contributed by atoms with Gasteiger partial charge < -0.3 is 5.32 Å². The zero-order valence-electron chi connectivity index (χ0n) is 12.0. The lowest BCUT2D eigenvalue weighted by atomic mass is 9.95. The number of halogens is 1. The average molecular weight is 293 g/mol. The molecule has 1 heterocycles. The van der Waals surface area contributed by atoms with Gasteiger partial charge in [-0.1, -0.05) is 30.7 Å². The lowest BCUT2D eigenvalue weighted by Gasteiger charge is -2.18. The summed E-state index contributed by atoms with van der Waals surface area (Å²) in [7, 11) is 1.93. The van der Waals surface area contributed by atoms with Crippen LogP contribution in [0.1, 0.15) is 30.7 Å². The van der Waals surface area contributed by atoms with Gasteiger partial charge >= 0.3 is 0 Å². The molecule has 1 unspecified atom stereocenters. The lowest BCUT2D eigenvalue weighted by molar-refractivity contribution is 0.551. The maximum absolute atomic E-state index is 6.11. The third-order valence-electron chi connectivity index (χ3n) is 3.37. The number of hydrogen-bond acceptors (Lipinski definition) is 3. The Balaban J connectivity index is 2.13. The van der Waals surface area contributed by atoms with E-state index in [4.69, 9.17) is 11.6 Å². The van der Waals surface area contributed by atoms with Gasteiger partial charge in [0.05, 0.1) is 0 Å². The molecule has 0 aliphatic carbocycles. The largest absolute Gasteiger partial charge is 0.316 e. The van der Waals surface area contributed by atoms with Gasteiger partial charge in [0, 0.05) is 31.0 Å². The van der Waals surface area contributed by atoms with E-state index in [0.717, 1.165) is 36.8 Å². The van der Waals surface area contributed by atoms with E-state index in [0.29, 0.717) is 5.92 Å². The first-order valence-corrected chi connectivity index (χ1v) is 7.37. The molecule has 108 valence electrons. The van der Waals surface area contributed by atoms with Crippen LogP contribution in [0.3, 0.4) is 0 Å². The molecule has 2 aromatic rings. The second-order valence-corrected chi connectivity index (χ2v) is 5.40. The molecule has 0 radical (unpaired) electrons. The van der Waals surface area contributed by atoms with E-state index in [2.05, 4.69) is 28.4 Å². The van der Waals surface area contributed by atoms with E-state index >= 15 is 0 Å². The molecule has 4 nitrogen and oxygen atoms in total. The number of nitrogens with zero attached hydrogens (tertiary/aromatic N) is 3.